The summed E-state index contributed by atoms with van der Waals surface area (Å²) in [6.45, 7) is 10.1. The van der Waals surface area contributed by atoms with E-state index in [-0.39, 0.29) is 11.9 Å². The maximum atomic E-state index is 11.8. The zero-order valence-corrected chi connectivity index (χ0v) is 22.5. The number of rotatable bonds is 24. The van der Waals surface area contributed by atoms with Crippen molar-refractivity contribution in [1.29, 1.82) is 0 Å². The lowest BCUT2D eigenvalue weighted by Crippen LogP contribution is -2.24. The van der Waals surface area contributed by atoms with E-state index in [2.05, 4.69) is 50.0 Å². The maximum Gasteiger partial charge on any atom is 0.305 e. The van der Waals surface area contributed by atoms with Gasteiger partial charge in [-0.05, 0) is 64.6 Å². The molecule has 0 saturated carbocycles. The highest BCUT2D eigenvalue weighted by molar-refractivity contribution is 5.69. The molecular formula is C29H53NO4. The highest BCUT2D eigenvalue weighted by Crippen LogP contribution is 2.09. The number of nitrogens with zero attached hydrogens (tertiary/aromatic N) is 1. The molecular weight excluding hydrogens is 426 g/mol. The van der Waals surface area contributed by atoms with Crippen molar-refractivity contribution in [3.05, 3.63) is 24.3 Å². The van der Waals surface area contributed by atoms with Gasteiger partial charge in [-0.15, -0.1) is 0 Å². The average molecular weight is 480 g/mol. The van der Waals surface area contributed by atoms with Gasteiger partial charge in [0.15, 0.2) is 0 Å². The van der Waals surface area contributed by atoms with Crippen LogP contribution in [0.4, 0.5) is 0 Å². The van der Waals surface area contributed by atoms with Crippen molar-refractivity contribution in [1.82, 2.24) is 4.90 Å². The largest absolute Gasteiger partial charge is 0.466 e. The molecule has 0 heterocycles. The Labute approximate surface area is 210 Å². The molecule has 0 amide bonds. The Morgan fingerprint density at radius 2 is 1.15 bits per heavy atom. The van der Waals surface area contributed by atoms with E-state index < -0.39 is 0 Å². The Bertz CT molecular complexity index is 526. The lowest BCUT2D eigenvalue weighted by molar-refractivity contribution is -0.146. The third-order valence-corrected chi connectivity index (χ3v) is 5.90. The van der Waals surface area contributed by atoms with Gasteiger partial charge in [-0.25, -0.2) is 0 Å². The Morgan fingerprint density at radius 1 is 0.618 bits per heavy atom. The van der Waals surface area contributed by atoms with Crippen LogP contribution in [-0.2, 0) is 19.1 Å². The van der Waals surface area contributed by atoms with Crippen molar-refractivity contribution >= 4 is 11.9 Å². The summed E-state index contributed by atoms with van der Waals surface area (Å²) in [6, 6.07) is 0. The highest BCUT2D eigenvalue weighted by Gasteiger charge is 2.06. The van der Waals surface area contributed by atoms with Crippen LogP contribution in [0.15, 0.2) is 24.3 Å². The van der Waals surface area contributed by atoms with Gasteiger partial charge in [0, 0.05) is 19.3 Å². The second-order valence-corrected chi connectivity index (χ2v) is 8.91. The molecule has 34 heavy (non-hydrogen) atoms. The number of hydrogen-bond acceptors (Lipinski definition) is 5. The molecule has 5 heteroatoms. The van der Waals surface area contributed by atoms with Gasteiger partial charge in [0.1, 0.15) is 0 Å². The molecule has 5 nitrogen and oxygen atoms in total. The molecule has 0 aliphatic carbocycles. The number of ether oxygens (including phenoxy) is 2. The zero-order chi connectivity index (χ0) is 25.1. The first-order valence-electron chi connectivity index (χ1n) is 14.0. The fourth-order valence-electron chi connectivity index (χ4n) is 3.64. The summed E-state index contributed by atoms with van der Waals surface area (Å²) in [4.78, 5) is 25.8. The van der Waals surface area contributed by atoms with Crippen LogP contribution in [-0.4, -0.2) is 49.7 Å². The second kappa shape index (κ2) is 26.0. The van der Waals surface area contributed by atoms with Gasteiger partial charge in [-0.3, -0.25) is 9.59 Å². The summed E-state index contributed by atoms with van der Waals surface area (Å²) in [5.74, 6) is -0.306. The topological polar surface area (TPSA) is 55.8 Å². The Hall–Kier alpha value is -1.62. The van der Waals surface area contributed by atoms with E-state index in [9.17, 15) is 9.59 Å². The Morgan fingerprint density at radius 3 is 1.74 bits per heavy atom. The zero-order valence-electron chi connectivity index (χ0n) is 22.5. The van der Waals surface area contributed by atoms with Gasteiger partial charge in [0.2, 0.25) is 0 Å². The van der Waals surface area contributed by atoms with Gasteiger partial charge in [-0.1, -0.05) is 77.2 Å². The van der Waals surface area contributed by atoms with Gasteiger partial charge < -0.3 is 14.4 Å². The maximum absolute atomic E-state index is 11.8. The fourth-order valence-corrected chi connectivity index (χ4v) is 3.64. The smallest absolute Gasteiger partial charge is 0.305 e. The highest BCUT2D eigenvalue weighted by atomic mass is 16.5. The summed E-state index contributed by atoms with van der Waals surface area (Å²) < 4.78 is 10.4. The van der Waals surface area contributed by atoms with E-state index in [1.807, 2.05) is 0 Å². The van der Waals surface area contributed by atoms with Crippen LogP contribution in [0, 0.1) is 0 Å². The monoisotopic (exact) mass is 479 g/mol. The van der Waals surface area contributed by atoms with Gasteiger partial charge in [-0.2, -0.15) is 0 Å². The quantitative estimate of drug-likeness (QED) is 0.0820. The number of carbonyl (C=O) groups is 2. The molecule has 0 radical (unpaired) electrons. The van der Waals surface area contributed by atoms with Crippen molar-refractivity contribution in [2.45, 2.75) is 117 Å². The molecule has 0 fully saturated rings. The summed E-state index contributed by atoms with van der Waals surface area (Å²) in [7, 11) is 0. The lowest BCUT2D eigenvalue weighted by Gasteiger charge is -2.17. The summed E-state index contributed by atoms with van der Waals surface area (Å²) in [6.07, 6.45) is 24.3. The van der Waals surface area contributed by atoms with E-state index in [1.165, 1.54) is 44.9 Å². The molecule has 198 valence electrons. The molecule has 0 N–H and O–H groups in total. The van der Waals surface area contributed by atoms with E-state index in [4.69, 9.17) is 9.47 Å². The molecule has 0 aliphatic rings. The van der Waals surface area contributed by atoms with E-state index in [0.29, 0.717) is 32.5 Å². The molecule has 0 aliphatic heterocycles. The standard InChI is InChI=1S/C29H53NO4/c1-4-7-8-9-10-11-12-13-14-15-16-17-18-19-20-23-28(31)33-26-22-27-34-29(32)24-21-25-30(5-2)6-3/h10-11,13-14H,4-9,12,15-27H2,1-3H3/b11-10-,14-13-. The molecule has 0 aromatic rings. The predicted octanol–water partition coefficient (Wildman–Crippen LogP) is 7.40. The van der Waals surface area contributed by atoms with Crippen molar-refractivity contribution in [2.24, 2.45) is 0 Å². The van der Waals surface area contributed by atoms with Gasteiger partial charge >= 0.3 is 11.9 Å². The van der Waals surface area contributed by atoms with Gasteiger partial charge in [0.05, 0.1) is 13.2 Å². The van der Waals surface area contributed by atoms with Crippen molar-refractivity contribution in [3.8, 4) is 0 Å². The van der Waals surface area contributed by atoms with E-state index in [1.54, 1.807) is 0 Å². The minimum atomic E-state index is -0.163. The van der Waals surface area contributed by atoms with Crippen LogP contribution in [0.1, 0.15) is 117 Å². The minimum absolute atomic E-state index is 0.142. The Kier molecular flexibility index (Phi) is 24.8. The number of esters is 2. The molecule has 0 atom stereocenters. The molecule has 0 spiro atoms. The fraction of sp³-hybridized carbons (Fsp3) is 0.793. The number of carbonyl (C=O) groups excluding carboxylic acids is 2. The summed E-state index contributed by atoms with van der Waals surface area (Å²) >= 11 is 0. The summed E-state index contributed by atoms with van der Waals surface area (Å²) in [5, 5.41) is 0. The van der Waals surface area contributed by atoms with Crippen molar-refractivity contribution < 1.29 is 19.1 Å². The van der Waals surface area contributed by atoms with Crippen LogP contribution >= 0.6 is 0 Å². The molecule has 0 aromatic carbocycles. The third kappa shape index (κ3) is 23.5. The van der Waals surface area contributed by atoms with Crippen molar-refractivity contribution in [2.75, 3.05) is 32.8 Å². The first-order chi connectivity index (χ1) is 16.6. The molecule has 0 aromatic heterocycles. The summed E-state index contributed by atoms with van der Waals surface area (Å²) in [5.41, 5.74) is 0. The van der Waals surface area contributed by atoms with E-state index in [0.717, 1.165) is 51.7 Å². The van der Waals surface area contributed by atoms with Crippen LogP contribution in [0.25, 0.3) is 0 Å². The van der Waals surface area contributed by atoms with E-state index >= 15 is 0 Å². The third-order valence-electron chi connectivity index (χ3n) is 5.90. The first kappa shape index (κ1) is 32.4. The lowest BCUT2D eigenvalue weighted by atomic mass is 10.1. The molecule has 0 unspecified atom stereocenters. The number of unbranched alkanes of at least 4 members (excludes halogenated alkanes) is 8. The van der Waals surface area contributed by atoms with Crippen molar-refractivity contribution in [3.63, 3.8) is 0 Å². The number of allylic oxidation sites excluding steroid dienone is 4. The second-order valence-electron chi connectivity index (χ2n) is 8.91. The van der Waals surface area contributed by atoms with Gasteiger partial charge in [0.25, 0.3) is 0 Å². The number of hydrogen-bond donors (Lipinski definition) is 0. The average Bonchev–Trinajstić information content (AvgIpc) is 2.84. The minimum Gasteiger partial charge on any atom is -0.466 e. The predicted molar refractivity (Wildman–Crippen MR) is 143 cm³/mol. The molecule has 0 bridgehead atoms. The van der Waals surface area contributed by atoms with Crippen LogP contribution in [0.5, 0.6) is 0 Å². The molecule has 0 saturated heterocycles. The SMILES string of the molecule is CCCCC/C=C\C/C=C\CCCCCCCC(=O)OCCCOC(=O)CCCN(CC)CC. The van der Waals surface area contributed by atoms with Crippen LogP contribution < -0.4 is 0 Å². The normalized spacial score (nSPS) is 11.6. The first-order valence-corrected chi connectivity index (χ1v) is 14.0. The molecule has 0 rings (SSSR count). The van der Waals surface area contributed by atoms with Crippen LogP contribution in [0.2, 0.25) is 0 Å². The Balaban J connectivity index is 3.41. The van der Waals surface area contributed by atoms with Crippen LogP contribution in [0.3, 0.4) is 0 Å².